The van der Waals surface area contributed by atoms with Gasteiger partial charge in [0, 0.05) is 0 Å². The van der Waals surface area contributed by atoms with Crippen molar-refractivity contribution in [2.24, 2.45) is 0 Å². The maximum atomic E-state index is 11.5. The van der Waals surface area contributed by atoms with E-state index in [2.05, 4.69) is 9.57 Å². The van der Waals surface area contributed by atoms with Crippen molar-refractivity contribution in [3.8, 4) is 0 Å². The van der Waals surface area contributed by atoms with Gasteiger partial charge in [0.15, 0.2) is 6.79 Å². The topological polar surface area (TPSA) is 30.5 Å². The number of hydrogen-bond donors (Lipinski definition) is 1. The van der Waals surface area contributed by atoms with Gasteiger partial charge < -0.3 is 4.74 Å². The molecule has 0 aromatic rings. The molecule has 1 rings (SSSR count). The number of hydrogen-bond acceptors (Lipinski definition) is 3. The molecule has 6 heteroatoms. The van der Waals surface area contributed by atoms with E-state index in [0.717, 1.165) is 0 Å². The van der Waals surface area contributed by atoms with Crippen LogP contribution in [0.3, 0.4) is 0 Å². The second-order valence-electron chi connectivity index (χ2n) is 1.47. The summed E-state index contributed by atoms with van der Waals surface area (Å²) < 4.78 is 38.5. The van der Waals surface area contributed by atoms with Crippen molar-refractivity contribution in [1.29, 1.82) is 0 Å². The van der Waals surface area contributed by atoms with Gasteiger partial charge in [-0.3, -0.25) is 4.84 Å². The van der Waals surface area contributed by atoms with Crippen molar-refractivity contribution in [2.75, 3.05) is 6.79 Å². The lowest BCUT2D eigenvalue weighted by molar-refractivity contribution is -0.213. The maximum absolute atomic E-state index is 11.5. The Kier molecular flexibility index (Phi) is 1.60. The molecule has 1 saturated heterocycles. The van der Waals surface area contributed by atoms with Crippen LogP contribution in [0.15, 0.2) is 0 Å². The maximum Gasteiger partial charge on any atom is 0.430 e. The molecular weight excluding hydrogens is 139 g/mol. The zero-order valence-corrected chi connectivity index (χ0v) is 4.23. The molecule has 0 aromatic carbocycles. The van der Waals surface area contributed by atoms with Crippen LogP contribution in [0, 0.1) is 0 Å². The quantitative estimate of drug-likeness (QED) is 0.531. The van der Waals surface area contributed by atoms with E-state index in [1.54, 1.807) is 5.48 Å². The van der Waals surface area contributed by atoms with Crippen molar-refractivity contribution in [1.82, 2.24) is 5.48 Å². The van der Waals surface area contributed by atoms with Crippen LogP contribution >= 0.6 is 0 Å². The summed E-state index contributed by atoms with van der Waals surface area (Å²) in [6.07, 6.45) is -6.34. The lowest BCUT2D eigenvalue weighted by Crippen LogP contribution is -2.37. The van der Waals surface area contributed by atoms with E-state index in [9.17, 15) is 13.2 Å². The zero-order chi connectivity index (χ0) is 6.91. The van der Waals surface area contributed by atoms with E-state index in [-0.39, 0.29) is 6.79 Å². The van der Waals surface area contributed by atoms with E-state index in [1.165, 1.54) is 0 Å². The number of halogens is 3. The van der Waals surface area contributed by atoms with Crippen molar-refractivity contribution in [3.05, 3.63) is 0 Å². The van der Waals surface area contributed by atoms with Gasteiger partial charge in [0.05, 0.1) is 0 Å². The highest BCUT2D eigenvalue weighted by atomic mass is 19.4. The summed E-state index contributed by atoms with van der Waals surface area (Å²) in [5.74, 6) is 0. The Morgan fingerprint density at radius 2 is 2.11 bits per heavy atom. The summed E-state index contributed by atoms with van der Waals surface area (Å²) >= 11 is 0. The first-order valence-electron chi connectivity index (χ1n) is 2.16. The lowest BCUT2D eigenvalue weighted by atomic mass is 10.6. The van der Waals surface area contributed by atoms with E-state index in [0.29, 0.717) is 0 Å². The van der Waals surface area contributed by atoms with Crippen LogP contribution in [0.4, 0.5) is 13.2 Å². The predicted molar refractivity (Wildman–Crippen MR) is 20.0 cm³/mol. The molecule has 0 bridgehead atoms. The molecule has 1 aliphatic rings. The monoisotopic (exact) mass is 143 g/mol. The van der Waals surface area contributed by atoms with Crippen molar-refractivity contribution < 1.29 is 22.7 Å². The van der Waals surface area contributed by atoms with Gasteiger partial charge >= 0.3 is 6.18 Å². The Morgan fingerprint density at radius 3 is 2.33 bits per heavy atom. The third-order valence-corrected chi connectivity index (χ3v) is 0.781. The summed E-state index contributed by atoms with van der Waals surface area (Å²) in [4.78, 5) is 4.09. The molecule has 0 aromatic heterocycles. The molecule has 0 spiro atoms. The largest absolute Gasteiger partial charge is 0.430 e. The molecule has 0 saturated carbocycles. The third-order valence-electron chi connectivity index (χ3n) is 0.781. The average Bonchev–Trinajstić information content (AvgIpc) is 2.08. The molecule has 1 atom stereocenters. The molecule has 1 aliphatic heterocycles. The summed E-state index contributed by atoms with van der Waals surface area (Å²) in [5.41, 5.74) is 1.65. The van der Waals surface area contributed by atoms with Crippen LogP contribution in [0.2, 0.25) is 0 Å². The Labute approximate surface area is 48.7 Å². The fourth-order valence-corrected chi connectivity index (χ4v) is 0.407. The Bertz CT molecular complexity index is 97.7. The Morgan fingerprint density at radius 1 is 1.44 bits per heavy atom. The summed E-state index contributed by atoms with van der Waals surface area (Å²) in [5, 5.41) is 0. The van der Waals surface area contributed by atoms with Crippen LogP contribution in [0.25, 0.3) is 0 Å². The first-order chi connectivity index (χ1) is 4.11. The van der Waals surface area contributed by atoms with Gasteiger partial charge in [-0.05, 0) is 0 Å². The number of alkyl halides is 3. The fraction of sp³-hybridized carbons (Fsp3) is 1.00. The minimum Gasteiger partial charge on any atom is -0.324 e. The minimum atomic E-state index is -4.38. The van der Waals surface area contributed by atoms with Gasteiger partial charge in [-0.25, -0.2) is 0 Å². The molecule has 1 N–H and O–H groups in total. The van der Waals surface area contributed by atoms with E-state index in [1.807, 2.05) is 0 Å². The van der Waals surface area contributed by atoms with Crippen LogP contribution in [0.5, 0.6) is 0 Å². The van der Waals surface area contributed by atoms with Crippen molar-refractivity contribution in [3.63, 3.8) is 0 Å². The molecule has 9 heavy (non-hydrogen) atoms. The van der Waals surface area contributed by atoms with Gasteiger partial charge in [0.1, 0.15) is 0 Å². The molecule has 3 nitrogen and oxygen atoms in total. The minimum absolute atomic E-state index is 0.357. The highest BCUT2D eigenvalue weighted by Crippen LogP contribution is 2.22. The number of rotatable bonds is 0. The average molecular weight is 143 g/mol. The normalized spacial score (nSPS) is 29.0. The first kappa shape index (κ1) is 6.79. The predicted octanol–water partition coefficient (Wildman–Crippen LogP) is 0.384. The number of nitrogens with one attached hydrogen (secondary N) is 1. The van der Waals surface area contributed by atoms with Gasteiger partial charge in [-0.2, -0.15) is 18.7 Å². The van der Waals surface area contributed by atoms with Crippen LogP contribution in [0.1, 0.15) is 0 Å². The molecule has 1 unspecified atom stereocenters. The lowest BCUT2D eigenvalue weighted by Gasteiger charge is -2.10. The highest BCUT2D eigenvalue weighted by molar-refractivity contribution is 4.61. The molecule has 0 radical (unpaired) electrons. The molecule has 0 aliphatic carbocycles. The van der Waals surface area contributed by atoms with Crippen molar-refractivity contribution in [2.45, 2.75) is 12.4 Å². The first-order valence-corrected chi connectivity index (χ1v) is 2.16. The molecular formula is C3H4F3NO2. The third kappa shape index (κ3) is 1.54. The summed E-state index contributed by atoms with van der Waals surface area (Å²) in [6.45, 7) is -0.357. The molecule has 0 amide bonds. The Balaban J connectivity index is 2.42. The van der Waals surface area contributed by atoms with Crippen LogP contribution < -0.4 is 5.48 Å². The van der Waals surface area contributed by atoms with Crippen LogP contribution in [-0.4, -0.2) is 19.2 Å². The van der Waals surface area contributed by atoms with Gasteiger partial charge in [-0.1, -0.05) is 0 Å². The SMILES string of the molecule is FC(F)(F)C1NOCO1. The van der Waals surface area contributed by atoms with Gasteiger partial charge in [-0.15, -0.1) is 0 Å². The van der Waals surface area contributed by atoms with E-state index < -0.39 is 12.4 Å². The number of hydroxylamine groups is 1. The zero-order valence-electron chi connectivity index (χ0n) is 4.23. The van der Waals surface area contributed by atoms with Gasteiger partial charge in [0.25, 0.3) is 0 Å². The van der Waals surface area contributed by atoms with Crippen molar-refractivity contribution >= 4 is 0 Å². The molecule has 54 valence electrons. The van der Waals surface area contributed by atoms with Crippen LogP contribution in [-0.2, 0) is 9.57 Å². The Hall–Kier alpha value is -0.330. The van der Waals surface area contributed by atoms with E-state index in [4.69, 9.17) is 0 Å². The standard InChI is InChI=1S/C3H4F3NO2/c4-3(5,6)2-7-9-1-8-2/h2,7H,1H2. The van der Waals surface area contributed by atoms with E-state index >= 15 is 0 Å². The van der Waals surface area contributed by atoms with Gasteiger partial charge in [0.2, 0.25) is 6.23 Å². The number of ether oxygens (including phenoxy) is 1. The second-order valence-corrected chi connectivity index (χ2v) is 1.47. The fourth-order valence-electron chi connectivity index (χ4n) is 0.407. The smallest absolute Gasteiger partial charge is 0.324 e. The highest BCUT2D eigenvalue weighted by Gasteiger charge is 2.43. The second kappa shape index (κ2) is 2.13. The molecule has 1 heterocycles. The summed E-state index contributed by atoms with van der Waals surface area (Å²) in [6, 6.07) is 0. The summed E-state index contributed by atoms with van der Waals surface area (Å²) in [7, 11) is 0. The molecule has 1 fully saturated rings.